The summed E-state index contributed by atoms with van der Waals surface area (Å²) in [6, 6.07) is 16.3. The van der Waals surface area contributed by atoms with Crippen molar-refractivity contribution in [2.24, 2.45) is 0 Å². The van der Waals surface area contributed by atoms with Crippen LogP contribution >= 0.6 is 27.7 Å². The number of anilines is 1. The molecule has 0 saturated carbocycles. The summed E-state index contributed by atoms with van der Waals surface area (Å²) in [5.74, 6) is 0.167. The molecule has 1 atom stereocenters. The van der Waals surface area contributed by atoms with Gasteiger partial charge < -0.3 is 9.73 Å². The number of nitriles is 1. The molecule has 1 amide bonds. The minimum Gasteiger partial charge on any atom is -0.411 e. The molecule has 0 aliphatic heterocycles. The van der Waals surface area contributed by atoms with Crippen LogP contribution in [0.2, 0.25) is 0 Å². The Kier molecular flexibility index (Phi) is 5.71. The molecule has 0 bridgehead atoms. The molecule has 0 spiro atoms. The van der Waals surface area contributed by atoms with E-state index in [9.17, 15) is 4.79 Å². The van der Waals surface area contributed by atoms with Gasteiger partial charge in [0.25, 0.3) is 5.22 Å². The van der Waals surface area contributed by atoms with E-state index < -0.39 is 5.25 Å². The van der Waals surface area contributed by atoms with Crippen molar-refractivity contribution in [1.29, 1.82) is 5.26 Å². The van der Waals surface area contributed by atoms with Gasteiger partial charge in [0.05, 0.1) is 22.4 Å². The van der Waals surface area contributed by atoms with Gasteiger partial charge >= 0.3 is 0 Å². The first-order chi connectivity index (χ1) is 12.6. The van der Waals surface area contributed by atoms with Crippen LogP contribution in [-0.2, 0) is 4.79 Å². The Morgan fingerprint density at radius 3 is 2.85 bits per heavy atom. The van der Waals surface area contributed by atoms with E-state index in [2.05, 4.69) is 31.4 Å². The molecule has 26 heavy (non-hydrogen) atoms. The summed E-state index contributed by atoms with van der Waals surface area (Å²) >= 11 is 4.61. The third-order valence-corrected chi connectivity index (χ3v) is 5.04. The number of aromatic nitrogens is 2. The van der Waals surface area contributed by atoms with Crippen molar-refractivity contribution >= 4 is 39.3 Å². The molecule has 0 radical (unpaired) electrons. The number of benzene rings is 2. The largest absolute Gasteiger partial charge is 0.411 e. The van der Waals surface area contributed by atoms with Gasteiger partial charge in [-0.25, -0.2) is 0 Å². The van der Waals surface area contributed by atoms with E-state index in [1.807, 2.05) is 30.3 Å². The predicted molar refractivity (Wildman–Crippen MR) is 103 cm³/mol. The van der Waals surface area contributed by atoms with Gasteiger partial charge in [0.1, 0.15) is 0 Å². The number of rotatable bonds is 5. The van der Waals surface area contributed by atoms with Crippen LogP contribution in [0.5, 0.6) is 0 Å². The zero-order valence-corrected chi connectivity index (χ0v) is 16.0. The molecule has 1 heterocycles. The highest BCUT2D eigenvalue weighted by atomic mass is 79.9. The predicted octanol–water partition coefficient (Wildman–Crippen LogP) is 4.49. The lowest BCUT2D eigenvalue weighted by atomic mass is 10.2. The summed E-state index contributed by atoms with van der Waals surface area (Å²) in [4.78, 5) is 12.3. The summed E-state index contributed by atoms with van der Waals surface area (Å²) in [7, 11) is 0. The molecule has 6 nitrogen and oxygen atoms in total. The second kappa shape index (κ2) is 8.17. The van der Waals surface area contributed by atoms with Gasteiger partial charge in [-0.3, -0.25) is 4.79 Å². The average Bonchev–Trinajstić information content (AvgIpc) is 3.10. The first-order valence-corrected chi connectivity index (χ1v) is 9.30. The SMILES string of the molecule is C[C@H](Sc1nnc(-c2ccccc2Br)o1)C(=O)Nc1cccc(C#N)c1. The number of thioether (sulfide) groups is 1. The topological polar surface area (TPSA) is 91.8 Å². The van der Waals surface area contributed by atoms with E-state index in [0.717, 1.165) is 10.0 Å². The van der Waals surface area contributed by atoms with Gasteiger partial charge in [-0.05, 0) is 53.2 Å². The molecule has 0 fully saturated rings. The van der Waals surface area contributed by atoms with Crippen molar-refractivity contribution in [2.75, 3.05) is 5.32 Å². The van der Waals surface area contributed by atoms with Crippen molar-refractivity contribution in [3.05, 3.63) is 58.6 Å². The van der Waals surface area contributed by atoms with Crippen molar-refractivity contribution < 1.29 is 9.21 Å². The van der Waals surface area contributed by atoms with E-state index in [1.54, 1.807) is 31.2 Å². The molecule has 1 aromatic heterocycles. The molecular weight excluding hydrogens is 416 g/mol. The number of nitrogens with one attached hydrogen (secondary N) is 1. The van der Waals surface area contributed by atoms with Gasteiger partial charge in [0, 0.05) is 10.2 Å². The van der Waals surface area contributed by atoms with Gasteiger partial charge in [0.15, 0.2) is 0 Å². The quantitative estimate of drug-likeness (QED) is 0.601. The Morgan fingerprint density at radius 1 is 1.27 bits per heavy atom. The zero-order chi connectivity index (χ0) is 18.5. The average molecular weight is 429 g/mol. The van der Waals surface area contributed by atoms with Crippen LogP contribution in [0, 0.1) is 11.3 Å². The molecule has 1 N–H and O–H groups in total. The second-order valence-electron chi connectivity index (χ2n) is 5.29. The van der Waals surface area contributed by atoms with E-state index >= 15 is 0 Å². The number of nitrogens with zero attached hydrogens (tertiary/aromatic N) is 3. The normalized spacial score (nSPS) is 11.6. The van der Waals surface area contributed by atoms with Gasteiger partial charge in [0.2, 0.25) is 11.8 Å². The van der Waals surface area contributed by atoms with Crippen LogP contribution < -0.4 is 5.32 Å². The third-order valence-electron chi connectivity index (χ3n) is 3.42. The Balaban J connectivity index is 1.66. The minimum absolute atomic E-state index is 0.217. The molecule has 0 aliphatic rings. The number of hydrogen-bond donors (Lipinski definition) is 1. The Labute approximate surface area is 162 Å². The fourth-order valence-corrected chi connectivity index (χ4v) is 3.25. The second-order valence-corrected chi connectivity index (χ2v) is 7.44. The summed E-state index contributed by atoms with van der Waals surface area (Å²) in [5.41, 5.74) is 1.84. The molecule has 8 heteroatoms. The van der Waals surface area contributed by atoms with Crippen LogP contribution in [0.1, 0.15) is 12.5 Å². The number of carbonyl (C=O) groups excluding carboxylic acids is 1. The lowest BCUT2D eigenvalue weighted by molar-refractivity contribution is -0.115. The Hall–Kier alpha value is -2.63. The number of amides is 1. The van der Waals surface area contributed by atoms with Gasteiger partial charge in [-0.1, -0.05) is 30.0 Å². The van der Waals surface area contributed by atoms with Crippen LogP contribution in [0.3, 0.4) is 0 Å². The number of hydrogen-bond acceptors (Lipinski definition) is 6. The molecule has 130 valence electrons. The fraction of sp³-hybridized carbons (Fsp3) is 0.111. The maximum Gasteiger partial charge on any atom is 0.277 e. The lowest BCUT2D eigenvalue weighted by Gasteiger charge is -2.09. The van der Waals surface area contributed by atoms with Gasteiger partial charge in [-0.15, -0.1) is 10.2 Å². The molecule has 3 aromatic rings. The maximum absolute atomic E-state index is 12.3. The van der Waals surface area contributed by atoms with Crippen LogP contribution in [0.15, 0.2) is 62.6 Å². The molecule has 0 saturated heterocycles. The zero-order valence-electron chi connectivity index (χ0n) is 13.6. The summed E-state index contributed by atoms with van der Waals surface area (Å²) in [6.07, 6.45) is 0. The van der Waals surface area contributed by atoms with E-state index in [4.69, 9.17) is 9.68 Å². The molecule has 0 unspecified atom stereocenters. The fourth-order valence-electron chi connectivity index (χ4n) is 2.12. The lowest BCUT2D eigenvalue weighted by Crippen LogP contribution is -2.22. The molecule has 0 aliphatic carbocycles. The van der Waals surface area contributed by atoms with Crippen molar-refractivity contribution in [1.82, 2.24) is 10.2 Å². The smallest absolute Gasteiger partial charge is 0.277 e. The highest BCUT2D eigenvalue weighted by Crippen LogP contribution is 2.30. The summed E-state index contributed by atoms with van der Waals surface area (Å²) in [5, 5.41) is 19.6. The number of carbonyl (C=O) groups is 1. The highest BCUT2D eigenvalue weighted by Gasteiger charge is 2.19. The molecule has 2 aromatic carbocycles. The molecular formula is C18H13BrN4O2S. The first-order valence-electron chi connectivity index (χ1n) is 7.63. The van der Waals surface area contributed by atoms with Gasteiger partial charge in [-0.2, -0.15) is 5.26 Å². The standard InChI is InChI=1S/C18H13BrN4O2S/c1-11(16(24)21-13-6-4-5-12(9-13)10-20)26-18-23-22-17(25-18)14-7-2-3-8-15(14)19/h2-9,11H,1H3,(H,21,24)/t11-/m0/s1. The maximum atomic E-state index is 12.3. The van der Waals surface area contributed by atoms with Crippen molar-refractivity contribution in [3.63, 3.8) is 0 Å². The van der Waals surface area contributed by atoms with Crippen LogP contribution in [0.25, 0.3) is 11.5 Å². The third kappa shape index (κ3) is 4.31. The monoisotopic (exact) mass is 428 g/mol. The van der Waals surface area contributed by atoms with Crippen molar-refractivity contribution in [2.45, 2.75) is 17.4 Å². The summed E-state index contributed by atoms with van der Waals surface area (Å²) < 4.78 is 6.50. The van der Waals surface area contributed by atoms with E-state index in [1.165, 1.54) is 11.8 Å². The first kappa shape index (κ1) is 18.2. The Bertz CT molecular complexity index is 983. The minimum atomic E-state index is -0.451. The van der Waals surface area contributed by atoms with Crippen LogP contribution in [0.4, 0.5) is 5.69 Å². The molecule has 3 rings (SSSR count). The van der Waals surface area contributed by atoms with Crippen molar-refractivity contribution in [3.8, 4) is 17.5 Å². The van der Waals surface area contributed by atoms with E-state index in [0.29, 0.717) is 22.4 Å². The van der Waals surface area contributed by atoms with E-state index in [-0.39, 0.29) is 5.91 Å². The highest BCUT2D eigenvalue weighted by molar-refractivity contribution is 9.10. The Morgan fingerprint density at radius 2 is 2.08 bits per heavy atom. The summed E-state index contributed by atoms with van der Waals surface area (Å²) in [6.45, 7) is 1.75. The van der Waals surface area contributed by atoms with Crippen LogP contribution in [-0.4, -0.2) is 21.4 Å². The number of halogens is 1.